The van der Waals surface area contributed by atoms with Gasteiger partial charge in [0.2, 0.25) is 0 Å². The quantitative estimate of drug-likeness (QED) is 0.0549. The van der Waals surface area contributed by atoms with Crippen LogP contribution in [-0.2, 0) is 17.7 Å². The number of phenols is 2. The summed E-state index contributed by atoms with van der Waals surface area (Å²) in [6.07, 6.45) is 0.553. The number of hydrogen-bond donors (Lipinski definition) is 6. The number of amides is 1. The molecule has 1 atom stereocenters. The second kappa shape index (κ2) is 19.8. The average Bonchev–Trinajstić information content (AvgIpc) is 2.48. The molecule has 1 aliphatic carbocycles. The minimum Gasteiger partial charge on any atom is -0.505 e. The van der Waals surface area contributed by atoms with Gasteiger partial charge in [-0.15, -0.1) is 15.3 Å². The highest BCUT2D eigenvalue weighted by atomic mass is 35.5. The van der Waals surface area contributed by atoms with E-state index in [0.29, 0.717) is 94.7 Å². The van der Waals surface area contributed by atoms with Gasteiger partial charge in [0.25, 0.3) is 5.91 Å². The van der Waals surface area contributed by atoms with Crippen molar-refractivity contribution < 1.29 is 24.6 Å². The first-order valence-electron chi connectivity index (χ1n) is 26.7. The van der Waals surface area contributed by atoms with E-state index in [1.165, 1.54) is 0 Å². The molecule has 0 spiro atoms. The molecule has 1 aliphatic rings. The van der Waals surface area contributed by atoms with Crippen LogP contribution in [0.15, 0.2) is 190 Å². The van der Waals surface area contributed by atoms with Crippen molar-refractivity contribution in [3.05, 3.63) is 219 Å². The number of carbonyl (C=O) groups is 2. The number of carbonyl (C=O) groups excluding carboxylic acids is 2. The van der Waals surface area contributed by atoms with Crippen molar-refractivity contribution in [3.8, 4) is 22.6 Å². The van der Waals surface area contributed by atoms with E-state index < -0.39 is 12.0 Å². The molecule has 0 saturated carbocycles. The predicted octanol–water partition coefficient (Wildman–Crippen LogP) is 18.5. The monoisotopic (exact) mass is 1110 g/mol. The van der Waals surface area contributed by atoms with Crippen molar-refractivity contribution in [3.63, 3.8) is 0 Å². The van der Waals surface area contributed by atoms with Crippen molar-refractivity contribution in [1.29, 1.82) is 0 Å². The van der Waals surface area contributed by atoms with Gasteiger partial charge in [-0.25, -0.2) is 5.90 Å². The third kappa shape index (κ3) is 8.07. The van der Waals surface area contributed by atoms with Crippen molar-refractivity contribution in [2.45, 2.75) is 32.8 Å². The highest BCUT2D eigenvalue weighted by Crippen LogP contribution is 2.50. The number of halogens is 2. The number of benzene rings is 11. The zero-order chi connectivity index (χ0) is 56.1. The molecule has 13 nitrogen and oxygen atoms in total. The minimum absolute atomic E-state index is 0.0168. The van der Waals surface area contributed by atoms with E-state index in [-0.39, 0.29) is 34.2 Å². The molecule has 0 bridgehead atoms. The summed E-state index contributed by atoms with van der Waals surface area (Å²) < 4.78 is 0. The molecule has 11 aromatic carbocycles. The number of nitrogens with zero attached hydrogens (tertiary/aromatic N) is 4. The summed E-state index contributed by atoms with van der Waals surface area (Å²) in [6.45, 7) is 4.06. The molecule has 398 valence electrons. The number of aryl methyl sites for hydroxylation is 2. The van der Waals surface area contributed by atoms with Crippen LogP contribution in [0.4, 0.5) is 28.4 Å². The highest BCUT2D eigenvalue weighted by molar-refractivity contribution is 6.33. The van der Waals surface area contributed by atoms with Crippen LogP contribution >= 0.6 is 23.2 Å². The molecule has 1 unspecified atom stereocenters. The highest BCUT2D eigenvalue weighted by Gasteiger charge is 2.29. The second-order valence-corrected chi connectivity index (χ2v) is 21.3. The molecule has 2 aromatic heterocycles. The SMILES string of the molecule is CCc1ccccc1NC(=O)c1cc2ccc3c4cc(Cl)ccc4[nH]c3c2c(N=Nc2ccc3c4c(cccc24)C(=O)c2cc(N=Nc4c(O)c(C(ON)c5ccccc5CC)cc5ccc6c7cc(Cl)ccc7[nH]c6c45)ccc2-3)c1O. The van der Waals surface area contributed by atoms with Gasteiger partial charge in [-0.2, -0.15) is 5.11 Å². The van der Waals surface area contributed by atoms with Gasteiger partial charge in [0, 0.05) is 86.5 Å². The lowest BCUT2D eigenvalue weighted by molar-refractivity contribution is 0.0791. The van der Waals surface area contributed by atoms with E-state index in [9.17, 15) is 19.8 Å². The maximum atomic E-state index is 14.8. The fourth-order valence-corrected chi connectivity index (χ4v) is 12.4. The summed E-state index contributed by atoms with van der Waals surface area (Å²) in [5.41, 5.74) is 10.3. The number of fused-ring (bicyclic) bond motifs is 12. The number of aromatic nitrogens is 2. The Morgan fingerprint density at radius 2 is 1.20 bits per heavy atom. The van der Waals surface area contributed by atoms with Crippen LogP contribution in [0.2, 0.25) is 10.0 Å². The standard InChI is InChI=1S/C67H46Cl2N8O5/c1-3-33-10-5-7-12-40(33)66(82-70)50-28-35-16-21-43-47-30-37(68)18-25-53(47)71-59(43)56(35)61(64(50)79)76-74-39-20-23-41-42-24-27-55(45-13-9-14-46(58(42)45)63(78)49(41)32-39)75-77-62-57-36(17-22-44-48-31-38(69)19-26-54(48)72-60(44)57)29-51(65(62)80)67(81)73-52-15-8-6-11-34(52)4-2/h5-32,66,71-72,79-80H,3-4,70H2,1-2H3,(H,73,81). The predicted molar refractivity (Wildman–Crippen MR) is 328 cm³/mol. The largest absolute Gasteiger partial charge is 0.505 e. The Bertz CT molecular complexity index is 4990. The summed E-state index contributed by atoms with van der Waals surface area (Å²) in [5, 5.41) is 55.4. The van der Waals surface area contributed by atoms with Gasteiger partial charge >= 0.3 is 0 Å². The third-order valence-electron chi connectivity index (χ3n) is 16.0. The number of rotatable bonds is 11. The zero-order valence-electron chi connectivity index (χ0n) is 43.9. The molecule has 1 amide bonds. The number of aromatic hydroxyl groups is 2. The molecular formula is C67H46Cl2N8O5. The fourth-order valence-electron chi connectivity index (χ4n) is 12.0. The van der Waals surface area contributed by atoms with Crippen LogP contribution < -0.4 is 11.2 Å². The van der Waals surface area contributed by atoms with Crippen LogP contribution in [0.1, 0.15) is 68.5 Å². The van der Waals surface area contributed by atoms with Crippen LogP contribution in [0.25, 0.3) is 87.1 Å². The number of nitrogens with one attached hydrogen (secondary N) is 3. The van der Waals surface area contributed by atoms with E-state index in [2.05, 4.69) is 15.3 Å². The Balaban J connectivity index is 0.874. The van der Waals surface area contributed by atoms with Crippen LogP contribution in [-0.4, -0.2) is 31.9 Å². The number of nitrogens with two attached hydrogens (primary N) is 1. The Hall–Kier alpha value is -9.76. The van der Waals surface area contributed by atoms with E-state index in [1.54, 1.807) is 36.4 Å². The Morgan fingerprint density at radius 1 is 0.561 bits per heavy atom. The smallest absolute Gasteiger partial charge is 0.259 e. The van der Waals surface area contributed by atoms with Crippen molar-refractivity contribution in [2.24, 2.45) is 26.4 Å². The van der Waals surface area contributed by atoms with Crippen LogP contribution in [0.3, 0.4) is 0 Å². The minimum atomic E-state index is -0.847. The molecule has 82 heavy (non-hydrogen) atoms. The van der Waals surface area contributed by atoms with Crippen LogP contribution in [0.5, 0.6) is 11.5 Å². The average molecular weight is 1110 g/mol. The van der Waals surface area contributed by atoms with Gasteiger partial charge in [-0.3, -0.25) is 14.4 Å². The Kier molecular flexibility index (Phi) is 12.2. The van der Waals surface area contributed by atoms with E-state index >= 15 is 0 Å². The molecule has 0 radical (unpaired) electrons. The number of H-pyrrole nitrogens is 2. The lowest BCUT2D eigenvalue weighted by Gasteiger charge is -2.21. The van der Waals surface area contributed by atoms with E-state index in [4.69, 9.17) is 54.4 Å². The molecule has 0 aliphatic heterocycles. The number of para-hydroxylation sites is 1. The Labute approximate surface area is 477 Å². The lowest BCUT2D eigenvalue weighted by atomic mass is 9.82. The first kappa shape index (κ1) is 50.5. The summed E-state index contributed by atoms with van der Waals surface area (Å²) in [5.74, 6) is 4.80. The molecule has 14 rings (SSSR count). The topological polar surface area (TPSA) is 203 Å². The van der Waals surface area contributed by atoms with Gasteiger partial charge in [0.15, 0.2) is 11.5 Å². The number of aromatic amines is 2. The lowest BCUT2D eigenvalue weighted by Crippen LogP contribution is -2.13. The number of azo groups is 2. The summed E-state index contributed by atoms with van der Waals surface area (Å²) in [4.78, 5) is 41.7. The number of ketones is 1. The second-order valence-electron chi connectivity index (χ2n) is 20.4. The molecule has 7 N–H and O–H groups in total. The summed E-state index contributed by atoms with van der Waals surface area (Å²) in [7, 11) is 0. The van der Waals surface area contributed by atoms with Gasteiger partial charge in [-0.05, 0) is 124 Å². The molecule has 13 aromatic rings. The third-order valence-corrected chi connectivity index (χ3v) is 16.4. The van der Waals surface area contributed by atoms with Gasteiger partial charge in [0.1, 0.15) is 23.2 Å². The zero-order valence-corrected chi connectivity index (χ0v) is 45.4. The molecular weight excluding hydrogens is 1070 g/mol. The molecule has 0 saturated heterocycles. The first-order valence-corrected chi connectivity index (χ1v) is 27.5. The number of hydrogen-bond acceptors (Lipinski definition) is 10. The molecule has 0 fully saturated rings. The number of phenolic OH excluding ortho intramolecular Hbond substituents is 2. The van der Waals surface area contributed by atoms with Crippen molar-refractivity contribution >= 4 is 139 Å². The molecule has 2 heterocycles. The summed E-state index contributed by atoms with van der Waals surface area (Å²) in [6, 6.07) is 52.4. The van der Waals surface area contributed by atoms with Gasteiger partial charge in [0.05, 0.1) is 28.0 Å². The summed E-state index contributed by atoms with van der Waals surface area (Å²) >= 11 is 13.0. The van der Waals surface area contributed by atoms with Crippen molar-refractivity contribution in [1.82, 2.24) is 9.97 Å². The van der Waals surface area contributed by atoms with Crippen LogP contribution in [0, 0.1) is 0 Å². The Morgan fingerprint density at radius 3 is 1.89 bits per heavy atom. The van der Waals surface area contributed by atoms with Crippen molar-refractivity contribution in [2.75, 3.05) is 5.32 Å². The van der Waals surface area contributed by atoms with E-state index in [1.807, 2.05) is 147 Å². The first-order chi connectivity index (χ1) is 40.0. The maximum Gasteiger partial charge on any atom is 0.259 e. The fraction of sp³-hybridized carbons (Fsp3) is 0.0746. The number of anilines is 1. The normalized spacial score (nSPS) is 12.9. The van der Waals surface area contributed by atoms with Gasteiger partial charge in [-0.1, -0.05) is 134 Å². The van der Waals surface area contributed by atoms with Gasteiger partial charge < -0.3 is 25.5 Å². The maximum absolute atomic E-state index is 14.8. The van der Waals surface area contributed by atoms with E-state index in [0.717, 1.165) is 65.7 Å². The molecule has 15 heteroatoms.